The summed E-state index contributed by atoms with van der Waals surface area (Å²) in [7, 11) is 0. The zero-order chi connectivity index (χ0) is 12.0. The van der Waals surface area contributed by atoms with E-state index in [0.717, 1.165) is 5.69 Å². The first kappa shape index (κ1) is 15.1. The second-order valence-electron chi connectivity index (χ2n) is 3.29. The van der Waals surface area contributed by atoms with E-state index in [0.29, 0.717) is 6.42 Å². The number of esters is 1. The van der Waals surface area contributed by atoms with Crippen molar-refractivity contribution in [1.29, 1.82) is 0 Å². The minimum Gasteiger partial charge on any atom is -0.464 e. The predicted octanol–water partition coefficient (Wildman–Crippen LogP) is -0.805. The molecule has 17 heavy (non-hydrogen) atoms. The molecule has 0 spiro atoms. The van der Waals surface area contributed by atoms with Crippen LogP contribution in [-0.4, -0.2) is 40.0 Å². The fraction of sp³-hybridized carbons (Fsp3) is 0.500. The van der Waals surface area contributed by atoms with E-state index in [1.54, 1.807) is 13.1 Å². The minimum atomic E-state index is -0.669. The van der Waals surface area contributed by atoms with Gasteiger partial charge in [-0.05, 0) is 6.92 Å². The lowest BCUT2D eigenvalue weighted by atomic mass is 10.1. The fourth-order valence-electron chi connectivity index (χ4n) is 1.30. The number of ether oxygens (including phenoxy) is 1. The van der Waals surface area contributed by atoms with Crippen LogP contribution >= 0.6 is 0 Å². The molecule has 1 amide bonds. The number of amides is 1. The maximum Gasteiger partial charge on any atom is 0.329 e. The van der Waals surface area contributed by atoms with Crippen LogP contribution in [0.4, 0.5) is 0 Å². The summed E-state index contributed by atoms with van der Waals surface area (Å²) < 4.78 is 4.87. The number of carbonyl (C=O) groups excluding carboxylic acids is 2. The first-order chi connectivity index (χ1) is 7.63. The Morgan fingerprint density at radius 1 is 1.59 bits per heavy atom. The Hall–Kier alpha value is -1.89. The molecule has 0 aliphatic rings. The maximum atomic E-state index is 11.5. The summed E-state index contributed by atoms with van der Waals surface area (Å²) in [6, 6.07) is -0.669. The van der Waals surface area contributed by atoms with Gasteiger partial charge in [-0.3, -0.25) is 4.79 Å². The number of imidazole rings is 1. The van der Waals surface area contributed by atoms with Gasteiger partial charge in [-0.1, -0.05) is 0 Å². The van der Waals surface area contributed by atoms with Crippen LogP contribution in [-0.2, 0) is 20.7 Å². The van der Waals surface area contributed by atoms with Gasteiger partial charge in [0, 0.05) is 25.2 Å². The van der Waals surface area contributed by atoms with Gasteiger partial charge in [0.1, 0.15) is 6.04 Å². The second kappa shape index (κ2) is 7.39. The Bertz CT molecular complexity index is 350. The van der Waals surface area contributed by atoms with Gasteiger partial charge in [0.2, 0.25) is 5.91 Å². The summed E-state index contributed by atoms with van der Waals surface area (Å²) in [5.41, 5.74) is 0.770. The van der Waals surface area contributed by atoms with Crippen molar-refractivity contribution < 1.29 is 19.8 Å². The van der Waals surface area contributed by atoms with Crippen molar-refractivity contribution in [3.8, 4) is 0 Å². The summed E-state index contributed by atoms with van der Waals surface area (Å²) in [6.45, 7) is 3.37. The highest BCUT2D eigenvalue weighted by atomic mass is 16.5. The number of hydrogen-bond donors (Lipinski definition) is 2. The highest BCUT2D eigenvalue weighted by Gasteiger charge is 2.21. The Labute approximate surface area is 98.9 Å². The molecule has 0 aliphatic carbocycles. The molecule has 0 saturated heterocycles. The SMILES string of the molecule is CCOC(=O)[C@H](Cc1cnc[nH]1)NC(C)=O.O. The molecule has 7 nitrogen and oxygen atoms in total. The number of carbonyl (C=O) groups is 2. The first-order valence-corrected chi connectivity index (χ1v) is 5.04. The van der Waals surface area contributed by atoms with Gasteiger partial charge >= 0.3 is 5.97 Å². The van der Waals surface area contributed by atoms with Gasteiger partial charge in [0.15, 0.2) is 0 Å². The average Bonchev–Trinajstić information content (AvgIpc) is 2.69. The van der Waals surface area contributed by atoms with E-state index in [1.165, 1.54) is 13.3 Å². The topological polar surface area (TPSA) is 116 Å². The Morgan fingerprint density at radius 3 is 2.76 bits per heavy atom. The van der Waals surface area contributed by atoms with Crippen LogP contribution in [0.15, 0.2) is 12.5 Å². The largest absolute Gasteiger partial charge is 0.464 e. The van der Waals surface area contributed by atoms with Gasteiger partial charge in [0.05, 0.1) is 12.9 Å². The molecule has 0 saturated carbocycles. The number of rotatable bonds is 5. The van der Waals surface area contributed by atoms with Gasteiger partial charge in [-0.15, -0.1) is 0 Å². The van der Waals surface area contributed by atoms with Crippen LogP contribution in [0.25, 0.3) is 0 Å². The number of hydrogen-bond acceptors (Lipinski definition) is 4. The Kier molecular flexibility index (Phi) is 6.57. The molecule has 0 bridgehead atoms. The summed E-state index contributed by atoms with van der Waals surface area (Å²) in [6.07, 6.45) is 3.47. The molecule has 1 aromatic heterocycles. The van der Waals surface area contributed by atoms with E-state index in [-0.39, 0.29) is 18.0 Å². The monoisotopic (exact) mass is 243 g/mol. The van der Waals surface area contributed by atoms with E-state index in [9.17, 15) is 9.59 Å². The van der Waals surface area contributed by atoms with Crippen LogP contribution in [0.1, 0.15) is 19.5 Å². The number of H-pyrrole nitrogens is 1. The maximum absolute atomic E-state index is 11.5. The van der Waals surface area contributed by atoms with E-state index < -0.39 is 12.0 Å². The number of aromatic nitrogens is 2. The molecule has 0 aliphatic heterocycles. The van der Waals surface area contributed by atoms with Gasteiger partial charge < -0.3 is 20.5 Å². The van der Waals surface area contributed by atoms with Gasteiger partial charge in [-0.2, -0.15) is 0 Å². The van der Waals surface area contributed by atoms with Crippen molar-refractivity contribution in [2.75, 3.05) is 6.61 Å². The lowest BCUT2D eigenvalue weighted by Gasteiger charge is -2.15. The van der Waals surface area contributed by atoms with Crippen molar-refractivity contribution in [2.24, 2.45) is 0 Å². The minimum absolute atomic E-state index is 0. The molecular formula is C10H17N3O4. The van der Waals surface area contributed by atoms with E-state index in [2.05, 4.69) is 15.3 Å². The van der Waals surface area contributed by atoms with E-state index in [1.807, 2.05) is 0 Å². The summed E-state index contributed by atoms with van der Waals surface area (Å²) >= 11 is 0. The zero-order valence-electron chi connectivity index (χ0n) is 9.82. The highest BCUT2D eigenvalue weighted by molar-refractivity contribution is 5.83. The van der Waals surface area contributed by atoms with E-state index >= 15 is 0 Å². The molecule has 1 rings (SSSR count). The molecule has 96 valence electrons. The van der Waals surface area contributed by atoms with Crippen molar-refractivity contribution in [3.63, 3.8) is 0 Å². The van der Waals surface area contributed by atoms with Crippen molar-refractivity contribution in [1.82, 2.24) is 15.3 Å². The molecule has 1 heterocycles. The fourth-order valence-corrected chi connectivity index (χ4v) is 1.30. The molecule has 0 aromatic carbocycles. The van der Waals surface area contributed by atoms with Crippen molar-refractivity contribution >= 4 is 11.9 Å². The molecule has 1 aromatic rings. The van der Waals surface area contributed by atoms with Crippen LogP contribution in [0.3, 0.4) is 0 Å². The lowest BCUT2D eigenvalue weighted by molar-refractivity contribution is -0.147. The average molecular weight is 243 g/mol. The van der Waals surface area contributed by atoms with Crippen molar-refractivity contribution in [2.45, 2.75) is 26.3 Å². The second-order valence-corrected chi connectivity index (χ2v) is 3.29. The predicted molar refractivity (Wildman–Crippen MR) is 60.1 cm³/mol. The lowest BCUT2D eigenvalue weighted by Crippen LogP contribution is -2.42. The van der Waals surface area contributed by atoms with Crippen LogP contribution in [0, 0.1) is 0 Å². The quantitative estimate of drug-likeness (QED) is 0.658. The Morgan fingerprint density at radius 2 is 2.29 bits per heavy atom. The van der Waals surface area contributed by atoms with Crippen LogP contribution in [0.2, 0.25) is 0 Å². The van der Waals surface area contributed by atoms with Crippen LogP contribution in [0.5, 0.6) is 0 Å². The summed E-state index contributed by atoms with van der Waals surface area (Å²) in [5, 5.41) is 2.54. The molecule has 7 heteroatoms. The van der Waals surface area contributed by atoms with Crippen LogP contribution < -0.4 is 5.32 Å². The van der Waals surface area contributed by atoms with Crippen molar-refractivity contribution in [3.05, 3.63) is 18.2 Å². The summed E-state index contributed by atoms with van der Waals surface area (Å²) in [5.74, 6) is -0.704. The highest BCUT2D eigenvalue weighted by Crippen LogP contribution is 2.00. The molecule has 0 fully saturated rings. The van der Waals surface area contributed by atoms with E-state index in [4.69, 9.17) is 4.74 Å². The smallest absolute Gasteiger partial charge is 0.329 e. The molecule has 4 N–H and O–H groups in total. The standard InChI is InChI=1S/C10H15N3O3.H2O/c1-3-16-10(15)9(13-7(2)14)4-8-5-11-6-12-8;/h5-6,9H,3-4H2,1-2H3,(H,11,12)(H,13,14);1H2/t9-;/m0./s1. The first-order valence-electron chi connectivity index (χ1n) is 5.04. The number of aromatic amines is 1. The third-order valence-electron chi connectivity index (χ3n) is 1.93. The number of nitrogens with one attached hydrogen (secondary N) is 2. The molecule has 0 unspecified atom stereocenters. The third kappa shape index (κ3) is 5.12. The molecule has 0 radical (unpaired) electrons. The third-order valence-corrected chi connectivity index (χ3v) is 1.93. The number of nitrogens with zero attached hydrogens (tertiary/aromatic N) is 1. The normalized spacial score (nSPS) is 11.2. The molecular weight excluding hydrogens is 226 g/mol. The van der Waals surface area contributed by atoms with Gasteiger partial charge in [0.25, 0.3) is 0 Å². The zero-order valence-corrected chi connectivity index (χ0v) is 9.82. The van der Waals surface area contributed by atoms with Gasteiger partial charge in [-0.25, -0.2) is 9.78 Å². The molecule has 1 atom stereocenters. The Balaban J connectivity index is 0.00000256. The summed E-state index contributed by atoms with van der Waals surface area (Å²) in [4.78, 5) is 29.2.